The van der Waals surface area contributed by atoms with E-state index < -0.39 is 0 Å². The van der Waals surface area contributed by atoms with Gasteiger partial charge in [-0.15, -0.1) is 0 Å². The quantitative estimate of drug-likeness (QED) is 0.493. The molecule has 6 heteroatoms. The Hall–Kier alpha value is -3.36. The first kappa shape index (κ1) is 17.1. The number of fused-ring (bicyclic) bond motifs is 1. The smallest absolute Gasteiger partial charge is 0.151 e. The van der Waals surface area contributed by atoms with Crippen molar-refractivity contribution in [3.63, 3.8) is 0 Å². The van der Waals surface area contributed by atoms with Crippen molar-refractivity contribution in [1.29, 1.82) is 5.26 Å². The predicted octanol–water partition coefficient (Wildman–Crippen LogP) is 4.54. The number of nitrogens with zero attached hydrogens (tertiary/aromatic N) is 5. The number of allylic oxidation sites excluding steroid dienone is 1. The first-order chi connectivity index (χ1) is 13.2. The van der Waals surface area contributed by atoms with Crippen molar-refractivity contribution in [2.75, 3.05) is 0 Å². The average Bonchev–Trinajstić information content (AvgIpc) is 3.26. The summed E-state index contributed by atoms with van der Waals surface area (Å²) in [6, 6.07) is 17.8. The van der Waals surface area contributed by atoms with Crippen LogP contribution in [0.25, 0.3) is 22.7 Å². The summed E-state index contributed by atoms with van der Waals surface area (Å²) < 4.78 is 3.73. The molecule has 0 unspecified atom stereocenters. The number of rotatable bonds is 4. The van der Waals surface area contributed by atoms with Gasteiger partial charge >= 0.3 is 0 Å². The zero-order valence-electron chi connectivity index (χ0n) is 14.7. The highest BCUT2D eigenvalue weighted by molar-refractivity contribution is 6.31. The zero-order chi connectivity index (χ0) is 18.8. The Balaban J connectivity index is 1.66. The van der Waals surface area contributed by atoms with Crippen LogP contribution in [-0.4, -0.2) is 19.3 Å². The number of hydrogen-bond donors (Lipinski definition) is 0. The molecule has 4 rings (SSSR count). The van der Waals surface area contributed by atoms with E-state index in [-0.39, 0.29) is 0 Å². The van der Waals surface area contributed by atoms with Crippen LogP contribution in [0.15, 0.2) is 60.9 Å². The van der Waals surface area contributed by atoms with Gasteiger partial charge in [0.25, 0.3) is 0 Å². The molecule has 0 saturated heterocycles. The molecule has 4 aromatic rings. The molecular formula is C21H16ClN5. The van der Waals surface area contributed by atoms with Gasteiger partial charge in [0.05, 0.1) is 29.3 Å². The van der Waals surface area contributed by atoms with Gasteiger partial charge in [-0.05, 0) is 29.8 Å². The minimum atomic E-state index is 0.492. The third kappa shape index (κ3) is 3.35. The Morgan fingerprint density at radius 2 is 1.96 bits per heavy atom. The lowest BCUT2D eigenvalue weighted by Crippen LogP contribution is -2.00. The lowest BCUT2D eigenvalue weighted by Gasteiger charge is -2.03. The van der Waals surface area contributed by atoms with Gasteiger partial charge in [-0.3, -0.25) is 4.68 Å². The van der Waals surface area contributed by atoms with E-state index in [9.17, 15) is 5.26 Å². The van der Waals surface area contributed by atoms with Gasteiger partial charge in [0.2, 0.25) is 0 Å². The second-order valence-electron chi connectivity index (χ2n) is 6.22. The maximum absolute atomic E-state index is 9.65. The minimum absolute atomic E-state index is 0.492. The van der Waals surface area contributed by atoms with Crippen LogP contribution in [0.5, 0.6) is 0 Å². The molecule has 0 aliphatic carbocycles. The standard InChI is InChI=1S/C21H16ClN5/c1-26-20-9-5-4-8-19(20)25-21(26)17(11-23)10-15-12-24-27(13-15)14-16-6-2-3-7-18(16)22/h2-10,12-13H,14H2,1H3/b17-10+. The van der Waals surface area contributed by atoms with Crippen LogP contribution >= 0.6 is 11.6 Å². The number of aryl methyl sites for hydroxylation is 1. The van der Waals surface area contributed by atoms with Gasteiger partial charge in [0, 0.05) is 23.8 Å². The highest BCUT2D eigenvalue weighted by Gasteiger charge is 2.12. The van der Waals surface area contributed by atoms with Crippen LogP contribution in [0, 0.1) is 11.3 Å². The topological polar surface area (TPSA) is 59.4 Å². The van der Waals surface area contributed by atoms with Crippen molar-refractivity contribution in [3.05, 3.63) is 82.9 Å². The van der Waals surface area contributed by atoms with Crippen molar-refractivity contribution in [2.45, 2.75) is 6.54 Å². The zero-order valence-corrected chi connectivity index (χ0v) is 15.4. The number of benzene rings is 2. The maximum atomic E-state index is 9.65. The van der Waals surface area contributed by atoms with Crippen LogP contribution in [0.2, 0.25) is 5.02 Å². The Kier molecular flexibility index (Phi) is 4.49. The first-order valence-corrected chi connectivity index (χ1v) is 8.83. The van der Waals surface area contributed by atoms with Gasteiger partial charge < -0.3 is 4.57 Å². The van der Waals surface area contributed by atoms with E-state index in [1.54, 1.807) is 17.0 Å². The number of hydrogen-bond acceptors (Lipinski definition) is 3. The third-order valence-electron chi connectivity index (χ3n) is 4.40. The molecule has 0 spiro atoms. The number of aromatic nitrogens is 4. The molecular weight excluding hydrogens is 358 g/mol. The van der Waals surface area contributed by atoms with Crippen molar-refractivity contribution in [3.8, 4) is 6.07 Å². The van der Waals surface area contributed by atoms with E-state index in [0.717, 1.165) is 22.2 Å². The molecule has 2 heterocycles. The summed E-state index contributed by atoms with van der Waals surface area (Å²) in [5.74, 6) is 0.637. The number of halogens is 1. The van der Waals surface area contributed by atoms with E-state index in [0.29, 0.717) is 23.0 Å². The van der Waals surface area contributed by atoms with Crippen LogP contribution in [0.1, 0.15) is 17.0 Å². The summed E-state index contributed by atoms with van der Waals surface area (Å²) >= 11 is 6.22. The molecule has 0 amide bonds. The Bertz CT molecular complexity index is 1190. The normalized spacial score (nSPS) is 11.7. The molecule has 132 valence electrons. The van der Waals surface area contributed by atoms with E-state index >= 15 is 0 Å². The molecule has 0 saturated carbocycles. The molecule has 0 bridgehead atoms. The molecule has 27 heavy (non-hydrogen) atoms. The lowest BCUT2D eigenvalue weighted by atomic mass is 10.2. The van der Waals surface area contributed by atoms with Gasteiger partial charge in [-0.1, -0.05) is 41.9 Å². The Morgan fingerprint density at radius 3 is 2.74 bits per heavy atom. The van der Waals surface area contributed by atoms with Crippen LogP contribution < -0.4 is 0 Å². The third-order valence-corrected chi connectivity index (χ3v) is 4.77. The minimum Gasteiger partial charge on any atom is -0.327 e. The Morgan fingerprint density at radius 1 is 1.19 bits per heavy atom. The van der Waals surface area contributed by atoms with Gasteiger partial charge in [0.15, 0.2) is 5.82 Å². The highest BCUT2D eigenvalue weighted by atomic mass is 35.5. The van der Waals surface area contributed by atoms with Crippen molar-refractivity contribution < 1.29 is 0 Å². The second kappa shape index (κ2) is 7.10. The first-order valence-electron chi connectivity index (χ1n) is 8.45. The molecule has 0 aliphatic heterocycles. The van der Waals surface area contributed by atoms with Gasteiger partial charge in [-0.2, -0.15) is 10.4 Å². The van der Waals surface area contributed by atoms with Crippen molar-refractivity contribution in [2.24, 2.45) is 7.05 Å². The summed E-state index contributed by atoms with van der Waals surface area (Å²) in [6.07, 6.45) is 5.43. The van der Waals surface area contributed by atoms with Crippen LogP contribution in [-0.2, 0) is 13.6 Å². The maximum Gasteiger partial charge on any atom is 0.151 e. The molecule has 0 radical (unpaired) electrons. The summed E-state index contributed by atoms with van der Waals surface area (Å²) in [6.45, 7) is 0.571. The van der Waals surface area contributed by atoms with Gasteiger partial charge in [0.1, 0.15) is 6.07 Å². The average molecular weight is 374 g/mol. The number of nitriles is 1. The SMILES string of the molecule is Cn1c(/C(C#N)=C/c2cnn(Cc3ccccc3Cl)c2)nc2ccccc21. The summed E-state index contributed by atoms with van der Waals surface area (Å²) in [4.78, 5) is 4.59. The van der Waals surface area contributed by atoms with E-state index in [1.807, 2.05) is 66.3 Å². The fraction of sp³-hybridized carbons (Fsp3) is 0.0952. The number of imidazole rings is 1. The molecule has 2 aromatic carbocycles. The number of para-hydroxylation sites is 2. The fourth-order valence-corrected chi connectivity index (χ4v) is 3.24. The molecule has 0 aliphatic rings. The predicted molar refractivity (Wildman–Crippen MR) is 107 cm³/mol. The van der Waals surface area contributed by atoms with E-state index in [4.69, 9.17) is 11.6 Å². The molecule has 0 fully saturated rings. The van der Waals surface area contributed by atoms with E-state index in [2.05, 4.69) is 16.2 Å². The van der Waals surface area contributed by atoms with Crippen LogP contribution in [0.3, 0.4) is 0 Å². The van der Waals surface area contributed by atoms with Gasteiger partial charge in [-0.25, -0.2) is 4.98 Å². The van der Waals surface area contributed by atoms with E-state index in [1.165, 1.54) is 0 Å². The van der Waals surface area contributed by atoms with Crippen molar-refractivity contribution >= 4 is 34.3 Å². The second-order valence-corrected chi connectivity index (χ2v) is 6.62. The summed E-state index contributed by atoms with van der Waals surface area (Å²) in [7, 11) is 1.91. The summed E-state index contributed by atoms with van der Waals surface area (Å²) in [5.41, 5.74) is 4.18. The van der Waals surface area contributed by atoms with Crippen LogP contribution in [0.4, 0.5) is 0 Å². The largest absolute Gasteiger partial charge is 0.327 e. The fourth-order valence-electron chi connectivity index (χ4n) is 3.04. The monoisotopic (exact) mass is 373 g/mol. The lowest BCUT2D eigenvalue weighted by molar-refractivity contribution is 0.687. The molecule has 0 atom stereocenters. The summed E-state index contributed by atoms with van der Waals surface area (Å²) in [5, 5.41) is 14.7. The Labute approximate surface area is 161 Å². The molecule has 2 aromatic heterocycles. The molecule has 5 nitrogen and oxygen atoms in total. The van der Waals surface area contributed by atoms with Crippen molar-refractivity contribution in [1.82, 2.24) is 19.3 Å². The highest BCUT2D eigenvalue weighted by Crippen LogP contribution is 2.22. The molecule has 0 N–H and O–H groups in total.